The Balaban J connectivity index is 1.77. The normalized spacial score (nSPS) is 28.0. The van der Waals surface area contributed by atoms with E-state index in [9.17, 15) is 14.7 Å². The zero-order valence-electron chi connectivity index (χ0n) is 13.9. The van der Waals surface area contributed by atoms with Gasteiger partial charge in [-0.05, 0) is 56.2 Å². The van der Waals surface area contributed by atoms with E-state index in [1.807, 2.05) is 26.0 Å². The van der Waals surface area contributed by atoms with Crippen LogP contribution in [-0.4, -0.2) is 17.0 Å². The van der Waals surface area contributed by atoms with Crippen molar-refractivity contribution in [1.29, 1.82) is 0 Å². The van der Waals surface area contributed by atoms with Gasteiger partial charge < -0.3 is 10.4 Å². The molecule has 0 spiro atoms. The van der Waals surface area contributed by atoms with Crippen molar-refractivity contribution in [2.45, 2.75) is 33.2 Å². The fourth-order valence-electron chi connectivity index (χ4n) is 4.51. The van der Waals surface area contributed by atoms with Gasteiger partial charge in [0, 0.05) is 11.6 Å². The minimum absolute atomic E-state index is 0.0174. The highest BCUT2D eigenvalue weighted by Gasteiger charge is 2.57. The molecule has 0 saturated heterocycles. The second-order valence-corrected chi connectivity index (χ2v) is 7.42. The van der Waals surface area contributed by atoms with E-state index >= 15 is 0 Å². The topological polar surface area (TPSA) is 66.4 Å². The van der Waals surface area contributed by atoms with Gasteiger partial charge in [0.25, 0.3) is 0 Å². The molecule has 0 aromatic heterocycles. The largest absolute Gasteiger partial charge is 0.481 e. The first-order chi connectivity index (χ1) is 11.4. The number of fused-ring (bicyclic) bond motifs is 2. The number of carbonyl (C=O) groups is 2. The van der Waals surface area contributed by atoms with E-state index in [0.29, 0.717) is 11.6 Å². The summed E-state index contributed by atoms with van der Waals surface area (Å²) in [6.07, 6.45) is 1.79. The van der Waals surface area contributed by atoms with Crippen molar-refractivity contribution in [3.63, 3.8) is 0 Å². The second kappa shape index (κ2) is 6.60. The van der Waals surface area contributed by atoms with Crippen LogP contribution in [0.4, 0.5) is 0 Å². The number of hydrogen-bond donors (Lipinski definition) is 2. The number of hydrogen-bond acceptors (Lipinski definition) is 2. The second-order valence-electron chi connectivity index (χ2n) is 6.98. The Labute approximate surface area is 146 Å². The predicted octanol–water partition coefficient (Wildman–Crippen LogP) is 3.65. The molecule has 2 saturated carbocycles. The van der Waals surface area contributed by atoms with Crippen molar-refractivity contribution >= 4 is 23.5 Å². The Hall–Kier alpha value is -1.81. The van der Waals surface area contributed by atoms with Gasteiger partial charge in [-0.25, -0.2) is 0 Å². The lowest BCUT2D eigenvalue weighted by molar-refractivity contribution is -0.149. The van der Waals surface area contributed by atoms with Crippen LogP contribution in [0.3, 0.4) is 0 Å². The van der Waals surface area contributed by atoms with Crippen LogP contribution in [0.1, 0.15) is 32.3 Å². The number of amides is 1. The fourth-order valence-corrected chi connectivity index (χ4v) is 4.64. The van der Waals surface area contributed by atoms with E-state index in [0.717, 1.165) is 18.4 Å². The summed E-state index contributed by atoms with van der Waals surface area (Å²) in [5.41, 5.74) is 3.32. The van der Waals surface area contributed by atoms with Gasteiger partial charge in [0.15, 0.2) is 0 Å². The highest BCUT2D eigenvalue weighted by molar-refractivity contribution is 6.30. The van der Waals surface area contributed by atoms with E-state index in [-0.39, 0.29) is 17.7 Å². The van der Waals surface area contributed by atoms with Crippen molar-refractivity contribution in [3.8, 4) is 0 Å². The molecule has 1 amide bonds. The minimum atomic E-state index is -0.854. The summed E-state index contributed by atoms with van der Waals surface area (Å²) < 4.78 is 0. The Morgan fingerprint density at radius 3 is 2.25 bits per heavy atom. The molecule has 3 rings (SSSR count). The Morgan fingerprint density at radius 2 is 1.71 bits per heavy atom. The number of rotatable bonds is 4. The zero-order chi connectivity index (χ0) is 17.4. The molecule has 0 radical (unpaired) electrons. The molecule has 5 heteroatoms. The zero-order valence-corrected chi connectivity index (χ0v) is 14.6. The first-order valence-electron chi connectivity index (χ1n) is 8.32. The molecular weight excluding hydrogens is 326 g/mol. The lowest BCUT2D eigenvalue weighted by Crippen LogP contribution is -2.41. The van der Waals surface area contributed by atoms with Gasteiger partial charge >= 0.3 is 5.97 Å². The molecule has 0 heterocycles. The smallest absolute Gasteiger partial charge is 0.307 e. The van der Waals surface area contributed by atoms with Crippen LogP contribution in [0, 0.1) is 23.7 Å². The van der Waals surface area contributed by atoms with Gasteiger partial charge in [-0.1, -0.05) is 34.9 Å². The van der Waals surface area contributed by atoms with Crippen molar-refractivity contribution < 1.29 is 14.7 Å². The average Bonchev–Trinajstić information content (AvgIpc) is 3.10. The van der Waals surface area contributed by atoms with E-state index in [2.05, 4.69) is 5.32 Å². The van der Waals surface area contributed by atoms with Gasteiger partial charge in [-0.15, -0.1) is 0 Å². The minimum Gasteiger partial charge on any atom is -0.481 e. The molecule has 2 fully saturated rings. The third kappa shape index (κ3) is 2.95. The highest BCUT2D eigenvalue weighted by Crippen LogP contribution is 2.57. The average molecular weight is 348 g/mol. The van der Waals surface area contributed by atoms with Crippen LogP contribution in [0.5, 0.6) is 0 Å². The van der Waals surface area contributed by atoms with E-state index in [1.54, 1.807) is 12.1 Å². The van der Waals surface area contributed by atoms with Crippen LogP contribution < -0.4 is 5.32 Å². The van der Waals surface area contributed by atoms with Crippen molar-refractivity contribution in [3.05, 3.63) is 46.0 Å². The van der Waals surface area contributed by atoms with Gasteiger partial charge in [-0.3, -0.25) is 9.59 Å². The summed E-state index contributed by atoms with van der Waals surface area (Å²) >= 11 is 5.86. The summed E-state index contributed by atoms with van der Waals surface area (Å²) in [5, 5.41) is 13.2. The Kier molecular flexibility index (Phi) is 4.68. The van der Waals surface area contributed by atoms with Gasteiger partial charge in [0.2, 0.25) is 5.91 Å². The van der Waals surface area contributed by atoms with Crippen molar-refractivity contribution in [1.82, 2.24) is 5.32 Å². The first kappa shape index (κ1) is 17.0. The van der Waals surface area contributed by atoms with Gasteiger partial charge in [-0.2, -0.15) is 0 Å². The van der Waals surface area contributed by atoms with Crippen LogP contribution in [0.15, 0.2) is 35.4 Å². The number of nitrogens with one attached hydrogen (secondary N) is 1. The summed E-state index contributed by atoms with van der Waals surface area (Å²) in [5.74, 6) is -1.97. The van der Waals surface area contributed by atoms with Gasteiger partial charge in [0.1, 0.15) is 0 Å². The number of benzene rings is 1. The predicted molar refractivity (Wildman–Crippen MR) is 92.5 cm³/mol. The third-order valence-corrected chi connectivity index (χ3v) is 5.64. The summed E-state index contributed by atoms with van der Waals surface area (Å²) in [6, 6.07) is 7.28. The number of halogens is 1. The molecule has 4 atom stereocenters. The molecule has 1 aromatic carbocycles. The molecule has 0 unspecified atom stereocenters. The highest BCUT2D eigenvalue weighted by atomic mass is 35.5. The van der Waals surface area contributed by atoms with Gasteiger partial charge in [0.05, 0.1) is 11.8 Å². The van der Waals surface area contributed by atoms with Crippen molar-refractivity contribution in [2.75, 3.05) is 0 Å². The number of aliphatic carboxylic acids is 1. The molecule has 2 N–H and O–H groups in total. The molecule has 1 aromatic rings. The van der Waals surface area contributed by atoms with E-state index in [4.69, 9.17) is 11.6 Å². The Bertz CT molecular complexity index is 691. The van der Waals surface area contributed by atoms with Crippen LogP contribution >= 0.6 is 11.6 Å². The maximum atomic E-state index is 12.7. The SMILES string of the molecule is CC(C)=C1[C@H]2CC[C@H]1[C@@H](C(=O)NCc1ccc(Cl)cc1)[C@@H]2C(=O)O. The van der Waals surface area contributed by atoms with E-state index < -0.39 is 17.8 Å². The fraction of sp³-hybridized carbons (Fsp3) is 0.474. The number of carbonyl (C=O) groups excluding carboxylic acids is 1. The van der Waals surface area contributed by atoms with Crippen LogP contribution in [0.2, 0.25) is 5.02 Å². The maximum absolute atomic E-state index is 12.7. The quantitative estimate of drug-likeness (QED) is 0.817. The molecule has 4 nitrogen and oxygen atoms in total. The summed E-state index contributed by atoms with van der Waals surface area (Å²) in [4.78, 5) is 24.5. The molecule has 2 aliphatic rings. The molecule has 0 aliphatic heterocycles. The van der Waals surface area contributed by atoms with Crippen LogP contribution in [0.25, 0.3) is 0 Å². The maximum Gasteiger partial charge on any atom is 0.307 e. The number of carboxylic acids is 1. The summed E-state index contributed by atoms with van der Waals surface area (Å²) in [7, 11) is 0. The monoisotopic (exact) mass is 347 g/mol. The summed E-state index contributed by atoms with van der Waals surface area (Å²) in [6.45, 7) is 4.43. The number of carboxylic acid groups (broad SMARTS) is 1. The van der Waals surface area contributed by atoms with Crippen LogP contribution in [-0.2, 0) is 16.1 Å². The lowest BCUT2D eigenvalue weighted by atomic mass is 9.78. The lowest BCUT2D eigenvalue weighted by Gasteiger charge is -2.26. The molecule has 2 aliphatic carbocycles. The molecule has 24 heavy (non-hydrogen) atoms. The Morgan fingerprint density at radius 1 is 1.12 bits per heavy atom. The molecule has 128 valence electrons. The van der Waals surface area contributed by atoms with Crippen molar-refractivity contribution in [2.24, 2.45) is 23.7 Å². The first-order valence-corrected chi connectivity index (χ1v) is 8.70. The van der Waals surface area contributed by atoms with E-state index in [1.165, 1.54) is 11.1 Å². The number of allylic oxidation sites excluding steroid dienone is 2. The molecular formula is C19H22ClNO3. The molecule has 2 bridgehead atoms. The third-order valence-electron chi connectivity index (χ3n) is 5.39. The standard InChI is InChI=1S/C19H22ClNO3/c1-10(2)15-13-7-8-14(15)17(19(23)24)16(13)18(22)21-9-11-3-5-12(20)6-4-11/h3-6,13-14,16-17H,7-9H2,1-2H3,(H,21,22)(H,23,24)/t13-,14-,16-,17-/m1/s1.